The van der Waals surface area contributed by atoms with Crippen LogP contribution in [0.5, 0.6) is 0 Å². The highest BCUT2D eigenvalue weighted by Crippen LogP contribution is 2.30. The number of nitrogens with one attached hydrogen (secondary N) is 4. The number of amides is 4. The summed E-state index contributed by atoms with van der Waals surface area (Å²) in [4.78, 5) is 65.5. The number of pyridine rings is 1. The van der Waals surface area contributed by atoms with E-state index in [0.717, 1.165) is 38.4 Å². The fraction of sp³-hybridized carbons (Fsp3) is 0.346. The number of carbonyl (C=O) groups is 4. The standard InChI is InChI=1S/C52H57ClN10O5S/c1-32(29-62-24-21-43(61-62)39-17-18-40(27-54)42(53)26-39)58-49(65)38-15-11-36(12-16-38)41-19-20-45(56-28-41)55-22-25-68-30-46(64)60-48(52(4,5)6)51(67)63-23-7-8-44(63)50(66)59-33(2)35-9-13-37(14-10-35)47-34(3)57-31-69-47/h9-21,24,26,28,31-33,44,48H,7-8,22-23,25,29-30H2,1-6H3,(H,55,56)(H,58,65)(H,59,66)(H,60,64)/t32-,33-,44?,48?/m0/s1. The first-order chi connectivity index (χ1) is 33.1. The third-order valence-corrected chi connectivity index (χ3v) is 13.2. The fourth-order valence-electron chi connectivity index (χ4n) is 8.13. The van der Waals surface area contributed by atoms with Gasteiger partial charge in [0.1, 0.15) is 30.6 Å². The summed E-state index contributed by atoms with van der Waals surface area (Å²) in [6, 6.07) is 26.2. The maximum atomic E-state index is 14.0. The summed E-state index contributed by atoms with van der Waals surface area (Å²) in [5.74, 6) is -0.516. The Labute approximate surface area is 411 Å². The van der Waals surface area contributed by atoms with Gasteiger partial charge < -0.3 is 30.9 Å². The molecule has 4 heterocycles. The Hall–Kier alpha value is -6.93. The molecule has 1 fully saturated rings. The van der Waals surface area contributed by atoms with E-state index in [0.29, 0.717) is 60.1 Å². The van der Waals surface area contributed by atoms with Crippen molar-refractivity contribution in [2.24, 2.45) is 5.41 Å². The van der Waals surface area contributed by atoms with Crippen molar-refractivity contribution in [3.8, 4) is 38.9 Å². The monoisotopic (exact) mass is 968 g/mol. The van der Waals surface area contributed by atoms with Crippen molar-refractivity contribution < 1.29 is 23.9 Å². The lowest BCUT2D eigenvalue weighted by Crippen LogP contribution is -2.58. The predicted molar refractivity (Wildman–Crippen MR) is 268 cm³/mol. The Kier molecular flexibility index (Phi) is 16.3. The van der Waals surface area contributed by atoms with Crippen LogP contribution in [0, 0.1) is 23.7 Å². The average molecular weight is 970 g/mol. The summed E-state index contributed by atoms with van der Waals surface area (Å²) in [5.41, 5.74) is 8.41. The quantitative estimate of drug-likeness (QED) is 0.0610. The van der Waals surface area contributed by atoms with Crippen LogP contribution in [-0.2, 0) is 25.7 Å². The maximum Gasteiger partial charge on any atom is 0.251 e. The largest absolute Gasteiger partial charge is 0.370 e. The van der Waals surface area contributed by atoms with Crippen LogP contribution in [0.4, 0.5) is 5.82 Å². The molecule has 3 aromatic carbocycles. The first kappa shape index (κ1) is 50.0. The molecule has 4 amide bonds. The number of anilines is 1. The van der Waals surface area contributed by atoms with Gasteiger partial charge in [0.2, 0.25) is 17.7 Å². The highest BCUT2D eigenvalue weighted by molar-refractivity contribution is 7.13. The summed E-state index contributed by atoms with van der Waals surface area (Å²) in [6.07, 6.45) is 4.80. The number of rotatable bonds is 18. The molecule has 4 N–H and O–H groups in total. The molecule has 7 rings (SSSR count). The number of ether oxygens (including phenoxy) is 1. The van der Waals surface area contributed by atoms with E-state index >= 15 is 0 Å². The van der Waals surface area contributed by atoms with Gasteiger partial charge in [-0.25, -0.2) is 9.97 Å². The molecular formula is C52H57ClN10O5S. The molecular weight excluding hydrogens is 912 g/mol. The lowest BCUT2D eigenvalue weighted by molar-refractivity contribution is -0.144. The second kappa shape index (κ2) is 22.5. The summed E-state index contributed by atoms with van der Waals surface area (Å²) >= 11 is 7.79. The van der Waals surface area contributed by atoms with E-state index in [2.05, 4.69) is 42.4 Å². The Bertz CT molecular complexity index is 2800. The third-order valence-electron chi connectivity index (χ3n) is 11.9. The van der Waals surface area contributed by atoms with Gasteiger partial charge in [0.05, 0.1) is 51.6 Å². The molecule has 15 nitrogen and oxygen atoms in total. The highest BCUT2D eigenvalue weighted by Gasteiger charge is 2.42. The SMILES string of the molecule is Cc1ncsc1-c1ccc([C@H](C)NC(=O)C2CCCN2C(=O)C(NC(=O)COCCNc2ccc(-c3ccc(C(=O)N[C@@H](C)Cn4ccc(-c5ccc(C#N)c(Cl)c5)n4)cc3)cn2)C(C)(C)C)cc1. The summed E-state index contributed by atoms with van der Waals surface area (Å²) < 4.78 is 7.43. The van der Waals surface area contributed by atoms with Gasteiger partial charge in [-0.15, -0.1) is 11.3 Å². The Morgan fingerprint density at radius 3 is 2.30 bits per heavy atom. The second-order valence-corrected chi connectivity index (χ2v) is 19.5. The predicted octanol–water partition coefficient (Wildman–Crippen LogP) is 8.22. The molecule has 4 atom stereocenters. The number of hydrogen-bond donors (Lipinski definition) is 4. The number of nitriles is 1. The molecule has 69 heavy (non-hydrogen) atoms. The molecule has 0 saturated carbocycles. The molecule has 0 spiro atoms. The van der Waals surface area contributed by atoms with Gasteiger partial charge in [-0.05, 0) is 98.2 Å². The molecule has 0 bridgehead atoms. The molecule has 6 aromatic rings. The lowest BCUT2D eigenvalue weighted by atomic mass is 9.85. The molecule has 3 aromatic heterocycles. The number of thiazole rings is 1. The van der Waals surface area contributed by atoms with Crippen LogP contribution in [0.15, 0.2) is 103 Å². The minimum atomic E-state index is -0.864. The van der Waals surface area contributed by atoms with Gasteiger partial charge in [-0.2, -0.15) is 10.4 Å². The van der Waals surface area contributed by atoms with E-state index in [1.165, 1.54) is 0 Å². The number of aromatic nitrogens is 4. The Morgan fingerprint density at radius 1 is 0.913 bits per heavy atom. The van der Waals surface area contributed by atoms with Gasteiger partial charge in [0.15, 0.2) is 0 Å². The van der Waals surface area contributed by atoms with Crippen molar-refractivity contribution in [3.05, 3.63) is 130 Å². The molecule has 1 saturated heterocycles. The van der Waals surface area contributed by atoms with E-state index in [1.54, 1.807) is 57.4 Å². The van der Waals surface area contributed by atoms with Crippen molar-refractivity contribution >= 4 is 52.4 Å². The minimum Gasteiger partial charge on any atom is -0.370 e. The Morgan fingerprint density at radius 2 is 1.64 bits per heavy atom. The van der Waals surface area contributed by atoms with E-state index in [9.17, 15) is 19.2 Å². The van der Waals surface area contributed by atoms with Crippen molar-refractivity contribution in [2.45, 2.75) is 85.1 Å². The Balaban J connectivity index is 0.821. The minimum absolute atomic E-state index is 0.204. The van der Waals surface area contributed by atoms with Crippen molar-refractivity contribution in [1.29, 1.82) is 5.26 Å². The first-order valence-corrected chi connectivity index (χ1v) is 24.2. The molecule has 2 unspecified atom stereocenters. The zero-order chi connectivity index (χ0) is 49.2. The molecule has 1 aliphatic heterocycles. The maximum absolute atomic E-state index is 14.0. The van der Waals surface area contributed by atoms with Crippen LogP contribution < -0.4 is 21.3 Å². The molecule has 17 heteroatoms. The van der Waals surface area contributed by atoms with Crippen LogP contribution in [-0.4, -0.2) is 92.7 Å². The average Bonchev–Trinajstić information content (AvgIpc) is 4.12. The molecule has 0 aliphatic carbocycles. The highest BCUT2D eigenvalue weighted by atomic mass is 35.5. The van der Waals surface area contributed by atoms with Gasteiger partial charge >= 0.3 is 0 Å². The van der Waals surface area contributed by atoms with E-state index in [1.807, 2.05) is 108 Å². The smallest absolute Gasteiger partial charge is 0.251 e. The number of halogens is 1. The number of nitrogens with zero attached hydrogens (tertiary/aromatic N) is 6. The summed E-state index contributed by atoms with van der Waals surface area (Å²) in [5, 5.41) is 26.3. The third kappa shape index (κ3) is 12.8. The van der Waals surface area contributed by atoms with E-state index < -0.39 is 23.4 Å². The van der Waals surface area contributed by atoms with Gasteiger partial charge in [-0.3, -0.25) is 23.9 Å². The topological polar surface area (TPSA) is 196 Å². The molecule has 1 aliphatic rings. The second-order valence-electron chi connectivity index (χ2n) is 18.3. The van der Waals surface area contributed by atoms with Crippen LogP contribution in [0.1, 0.15) is 80.7 Å². The normalized spacial score (nSPS) is 14.9. The summed E-state index contributed by atoms with van der Waals surface area (Å²) in [6.45, 7) is 12.7. The van der Waals surface area contributed by atoms with Crippen LogP contribution >= 0.6 is 22.9 Å². The van der Waals surface area contributed by atoms with E-state index in [4.69, 9.17) is 21.6 Å². The van der Waals surface area contributed by atoms with Gasteiger partial charge in [0.25, 0.3) is 5.91 Å². The van der Waals surface area contributed by atoms with Gasteiger partial charge in [0, 0.05) is 48.2 Å². The first-order valence-electron chi connectivity index (χ1n) is 22.9. The fourth-order valence-corrected chi connectivity index (χ4v) is 9.16. The van der Waals surface area contributed by atoms with Crippen molar-refractivity contribution in [1.82, 2.24) is 40.6 Å². The number of aryl methyl sites for hydroxylation is 1. The molecule has 358 valence electrons. The number of benzene rings is 3. The lowest BCUT2D eigenvalue weighted by Gasteiger charge is -2.35. The number of hydrogen-bond acceptors (Lipinski definition) is 11. The number of carbonyl (C=O) groups excluding carboxylic acids is 4. The van der Waals surface area contributed by atoms with Crippen LogP contribution in [0.2, 0.25) is 5.02 Å². The van der Waals surface area contributed by atoms with E-state index in [-0.39, 0.29) is 43.0 Å². The molecule has 0 radical (unpaired) electrons. The summed E-state index contributed by atoms with van der Waals surface area (Å²) in [7, 11) is 0. The van der Waals surface area contributed by atoms with Crippen LogP contribution in [0.3, 0.4) is 0 Å². The van der Waals surface area contributed by atoms with Crippen molar-refractivity contribution in [3.63, 3.8) is 0 Å². The van der Waals surface area contributed by atoms with Crippen LogP contribution in [0.25, 0.3) is 32.8 Å². The zero-order valence-corrected chi connectivity index (χ0v) is 41.2. The zero-order valence-electron chi connectivity index (χ0n) is 39.6. The van der Waals surface area contributed by atoms with Gasteiger partial charge in [-0.1, -0.05) is 74.8 Å². The number of likely N-dealkylation sites (tertiary alicyclic amines) is 1. The van der Waals surface area contributed by atoms with Crippen molar-refractivity contribution in [2.75, 3.05) is 31.6 Å².